The zero-order chi connectivity index (χ0) is 13.5. The number of hydrogen-bond donors (Lipinski definition) is 1. The molecule has 4 heteroatoms. The Bertz CT molecular complexity index is 373. The van der Waals surface area contributed by atoms with Crippen molar-refractivity contribution in [2.75, 3.05) is 26.2 Å². The molecule has 0 amide bonds. The Kier molecular flexibility index (Phi) is 6.22. The highest BCUT2D eigenvalue weighted by Crippen LogP contribution is 2.30. The second-order valence-electron chi connectivity index (χ2n) is 4.22. The Morgan fingerprint density at radius 2 is 1.89 bits per heavy atom. The summed E-state index contributed by atoms with van der Waals surface area (Å²) in [7, 11) is 1.53. The second kappa shape index (κ2) is 7.44. The third kappa shape index (κ3) is 4.35. The van der Waals surface area contributed by atoms with Crippen LogP contribution in [-0.4, -0.2) is 32.2 Å². The van der Waals surface area contributed by atoms with Gasteiger partial charge < -0.3 is 9.47 Å². The van der Waals surface area contributed by atoms with Crippen molar-refractivity contribution < 1.29 is 14.3 Å². The summed E-state index contributed by atoms with van der Waals surface area (Å²) >= 11 is 0. The van der Waals surface area contributed by atoms with E-state index < -0.39 is 0 Å². The van der Waals surface area contributed by atoms with E-state index in [0.717, 1.165) is 5.56 Å². The highest BCUT2D eigenvalue weighted by atomic mass is 32.2. The highest BCUT2D eigenvalue weighted by molar-refractivity contribution is 8.15. The van der Waals surface area contributed by atoms with Gasteiger partial charge in [0.1, 0.15) is 0 Å². The van der Waals surface area contributed by atoms with Gasteiger partial charge in [-0.05, 0) is 42.0 Å². The third-order valence-electron chi connectivity index (χ3n) is 2.72. The maximum Gasteiger partial charge on any atom is 0.308 e. The number of carbonyl (C=O) groups excluding carboxylic acids is 1. The quantitative estimate of drug-likeness (QED) is 0.637. The van der Waals surface area contributed by atoms with E-state index in [1.807, 2.05) is 12.1 Å². The lowest BCUT2D eigenvalue weighted by Crippen LogP contribution is -2.11. The fraction of sp³-hybridized carbons (Fsp3) is 0.500. The average molecular weight is 270 g/mol. The van der Waals surface area contributed by atoms with E-state index >= 15 is 0 Å². The molecular formula is C14H22O3S. The summed E-state index contributed by atoms with van der Waals surface area (Å²) in [6, 6.07) is 8.28. The summed E-state index contributed by atoms with van der Waals surface area (Å²) in [6.45, 7) is 2.21. The van der Waals surface area contributed by atoms with Crippen LogP contribution in [0, 0.1) is 0 Å². The molecule has 1 aromatic carbocycles. The third-order valence-corrected chi connectivity index (χ3v) is 4.05. The molecular weight excluding hydrogens is 248 g/mol. The molecule has 18 heavy (non-hydrogen) atoms. The van der Waals surface area contributed by atoms with Crippen LogP contribution in [0.1, 0.15) is 25.0 Å². The van der Waals surface area contributed by atoms with Crippen LogP contribution in [0.4, 0.5) is 0 Å². The van der Waals surface area contributed by atoms with Gasteiger partial charge >= 0.3 is 5.97 Å². The van der Waals surface area contributed by atoms with Gasteiger partial charge in [-0.1, -0.05) is 12.1 Å². The van der Waals surface area contributed by atoms with Crippen LogP contribution in [0.15, 0.2) is 29.2 Å². The minimum Gasteiger partial charge on any atom is -0.466 e. The van der Waals surface area contributed by atoms with Gasteiger partial charge in [0.25, 0.3) is 0 Å². The molecule has 0 saturated carbocycles. The van der Waals surface area contributed by atoms with E-state index in [2.05, 4.69) is 24.6 Å². The van der Waals surface area contributed by atoms with Gasteiger partial charge in [0.05, 0.1) is 19.1 Å². The van der Waals surface area contributed by atoms with Crippen molar-refractivity contribution in [2.24, 2.45) is 0 Å². The smallest absolute Gasteiger partial charge is 0.308 e. The number of thiol groups is 1. The van der Waals surface area contributed by atoms with E-state index in [1.54, 1.807) is 14.0 Å². The van der Waals surface area contributed by atoms with Gasteiger partial charge in [0, 0.05) is 7.11 Å². The summed E-state index contributed by atoms with van der Waals surface area (Å²) in [6.07, 6.45) is 4.47. The Balaban J connectivity index is 2.73. The molecule has 0 saturated heterocycles. The van der Waals surface area contributed by atoms with Crippen molar-refractivity contribution in [2.45, 2.75) is 24.3 Å². The SMILES string of the molecule is CCOC(=O)CC(OC)c1ccc([SH](C)C)cc1. The van der Waals surface area contributed by atoms with Crippen LogP contribution in [0.25, 0.3) is 0 Å². The number of ether oxygens (including phenoxy) is 2. The van der Waals surface area contributed by atoms with Gasteiger partial charge in [-0.15, -0.1) is 0 Å². The first kappa shape index (κ1) is 15.1. The van der Waals surface area contributed by atoms with E-state index in [9.17, 15) is 4.79 Å². The van der Waals surface area contributed by atoms with Crippen LogP contribution >= 0.6 is 10.9 Å². The van der Waals surface area contributed by atoms with Crippen molar-refractivity contribution in [3.8, 4) is 0 Å². The molecule has 1 aromatic rings. The van der Waals surface area contributed by atoms with Crippen molar-refractivity contribution in [3.05, 3.63) is 29.8 Å². The van der Waals surface area contributed by atoms with Crippen LogP contribution in [-0.2, 0) is 14.3 Å². The van der Waals surface area contributed by atoms with Crippen LogP contribution in [0.5, 0.6) is 0 Å². The first-order chi connectivity index (χ1) is 8.58. The molecule has 0 bridgehead atoms. The van der Waals surface area contributed by atoms with Crippen molar-refractivity contribution in [1.29, 1.82) is 0 Å². The topological polar surface area (TPSA) is 35.5 Å². The minimum atomic E-state index is -0.224. The summed E-state index contributed by atoms with van der Waals surface area (Å²) in [5.41, 5.74) is 1.02. The summed E-state index contributed by atoms with van der Waals surface area (Å²) in [5, 5.41) is 0. The largest absolute Gasteiger partial charge is 0.466 e. The maximum atomic E-state index is 11.5. The molecule has 0 aliphatic rings. The fourth-order valence-electron chi connectivity index (χ4n) is 1.70. The van der Waals surface area contributed by atoms with Crippen LogP contribution in [0.3, 0.4) is 0 Å². The number of methoxy groups -OCH3 is 1. The lowest BCUT2D eigenvalue weighted by Gasteiger charge is -2.16. The fourth-order valence-corrected chi connectivity index (χ4v) is 2.44. The first-order valence-corrected chi connectivity index (χ1v) is 8.27. The van der Waals surface area contributed by atoms with Gasteiger partial charge in [0.2, 0.25) is 0 Å². The Hall–Kier alpha value is -1.00. The minimum absolute atomic E-state index is 0.0864. The highest BCUT2D eigenvalue weighted by Gasteiger charge is 2.16. The molecule has 0 aliphatic heterocycles. The molecule has 1 atom stereocenters. The average Bonchev–Trinajstić information content (AvgIpc) is 2.36. The lowest BCUT2D eigenvalue weighted by atomic mass is 10.1. The summed E-state index contributed by atoms with van der Waals surface area (Å²) in [4.78, 5) is 12.8. The number of carbonyl (C=O) groups is 1. The van der Waals surface area contributed by atoms with E-state index in [-0.39, 0.29) is 29.4 Å². The molecule has 0 radical (unpaired) electrons. The summed E-state index contributed by atoms with van der Waals surface area (Å²) in [5.74, 6) is -0.221. The molecule has 1 rings (SSSR count). The lowest BCUT2D eigenvalue weighted by molar-refractivity contribution is -0.146. The molecule has 1 unspecified atom stereocenters. The first-order valence-electron chi connectivity index (χ1n) is 6.04. The molecule has 0 aliphatic carbocycles. The Morgan fingerprint density at radius 1 is 1.28 bits per heavy atom. The molecule has 0 spiro atoms. The zero-order valence-electron chi connectivity index (χ0n) is 11.5. The van der Waals surface area contributed by atoms with Gasteiger partial charge in [-0.2, -0.15) is 0 Å². The molecule has 0 fully saturated rings. The van der Waals surface area contributed by atoms with Crippen molar-refractivity contribution >= 4 is 16.9 Å². The van der Waals surface area contributed by atoms with Crippen molar-refractivity contribution in [3.63, 3.8) is 0 Å². The van der Waals surface area contributed by atoms with E-state index in [1.165, 1.54) is 4.90 Å². The molecule has 0 N–H and O–H groups in total. The van der Waals surface area contributed by atoms with Crippen LogP contribution in [0.2, 0.25) is 0 Å². The van der Waals surface area contributed by atoms with Crippen molar-refractivity contribution in [1.82, 2.24) is 0 Å². The number of hydrogen-bond acceptors (Lipinski definition) is 3. The Morgan fingerprint density at radius 3 is 2.33 bits per heavy atom. The maximum absolute atomic E-state index is 11.5. The number of rotatable bonds is 6. The number of esters is 1. The van der Waals surface area contributed by atoms with Gasteiger partial charge in [-0.25, -0.2) is 10.9 Å². The van der Waals surface area contributed by atoms with E-state index in [0.29, 0.717) is 6.61 Å². The molecule has 102 valence electrons. The van der Waals surface area contributed by atoms with Gasteiger partial charge in [0.15, 0.2) is 0 Å². The predicted octanol–water partition coefficient (Wildman–Crippen LogP) is 2.95. The second-order valence-corrected chi connectivity index (χ2v) is 6.52. The molecule has 3 nitrogen and oxygen atoms in total. The van der Waals surface area contributed by atoms with E-state index in [4.69, 9.17) is 9.47 Å². The molecule has 0 heterocycles. The van der Waals surface area contributed by atoms with Crippen LogP contribution < -0.4 is 0 Å². The standard InChI is InChI=1S/C14H22O3S/c1-5-17-14(15)10-13(16-2)11-6-8-12(9-7-11)18(3)4/h6-9,13,18H,5,10H2,1-4H3. The molecule has 0 aromatic heterocycles. The van der Waals surface area contributed by atoms with Gasteiger partial charge in [-0.3, -0.25) is 4.79 Å². The summed E-state index contributed by atoms with van der Waals surface area (Å²) < 4.78 is 10.3. The predicted molar refractivity (Wildman–Crippen MR) is 76.5 cm³/mol. The monoisotopic (exact) mass is 270 g/mol. The Labute approximate surface area is 112 Å². The number of benzene rings is 1. The zero-order valence-corrected chi connectivity index (χ0v) is 12.4. The normalized spacial score (nSPS) is 13.0.